The van der Waals surface area contributed by atoms with Crippen molar-refractivity contribution in [1.29, 1.82) is 0 Å². The van der Waals surface area contributed by atoms with Crippen molar-refractivity contribution in [2.75, 3.05) is 9.80 Å². The average Bonchev–Trinajstić information content (AvgIpc) is 1.00. The molecule has 0 atom stereocenters. The van der Waals surface area contributed by atoms with Gasteiger partial charge in [-0.3, -0.25) is 0 Å². The molecule has 2 aliphatic rings. The van der Waals surface area contributed by atoms with Gasteiger partial charge in [0.25, 0.3) is 0 Å². The highest BCUT2D eigenvalue weighted by atomic mass is 16.3. The summed E-state index contributed by atoms with van der Waals surface area (Å²) in [4.78, 5) is 4.98. The molecule has 0 saturated carbocycles. The second kappa shape index (κ2) is 19.5. The summed E-state index contributed by atoms with van der Waals surface area (Å²) in [6, 6.07) is 108. The molecule has 0 N–H and O–H groups in total. The monoisotopic (exact) mass is 1180 g/mol. The molecule has 0 unspecified atom stereocenters. The van der Waals surface area contributed by atoms with Gasteiger partial charge in [0, 0.05) is 43.7 Å². The van der Waals surface area contributed by atoms with Crippen LogP contribution >= 0.6 is 0 Å². The van der Waals surface area contributed by atoms with Gasteiger partial charge in [-0.05, 0) is 184 Å². The van der Waals surface area contributed by atoms with E-state index in [-0.39, 0.29) is 10.8 Å². The molecule has 2 heterocycles. The summed E-state index contributed by atoms with van der Waals surface area (Å²) in [5.41, 5.74) is 24.5. The Morgan fingerprint density at radius 3 is 1.08 bits per heavy atom. The van der Waals surface area contributed by atoms with Crippen LogP contribution in [0.15, 0.2) is 300 Å². The number of rotatable bonds is 8. The van der Waals surface area contributed by atoms with Crippen LogP contribution in [0.2, 0.25) is 0 Å². The lowest BCUT2D eigenvalue weighted by Gasteiger charge is -2.30. The van der Waals surface area contributed by atoms with E-state index in [2.05, 4.69) is 329 Å². The SMILES string of the molecule is CC1(C)c2ccccc2-c2ccc(-c3c4ccc(N(c5cccc6ccccc56)c5cccc6oc7ccccc7c56)cc4c(-c4ccc5c(c4)C(C)(C)c4ccccc4-5)c4ccc(N(c5cccc6ccccc56)c5cccc6oc7ccccc7c56)cc34)cc21. The fourth-order valence-corrected chi connectivity index (χ4v) is 16.3. The topological polar surface area (TPSA) is 32.8 Å². The van der Waals surface area contributed by atoms with Crippen molar-refractivity contribution < 1.29 is 8.83 Å². The third-order valence-electron chi connectivity index (χ3n) is 20.6. The van der Waals surface area contributed by atoms with Gasteiger partial charge in [-0.25, -0.2) is 0 Å². The fourth-order valence-electron chi connectivity index (χ4n) is 16.3. The number of nitrogens with zero attached hydrogens (tertiary/aromatic N) is 2. The van der Waals surface area contributed by atoms with Gasteiger partial charge in [-0.15, -0.1) is 0 Å². The van der Waals surface area contributed by atoms with Gasteiger partial charge in [0.2, 0.25) is 0 Å². The minimum atomic E-state index is -0.241. The van der Waals surface area contributed by atoms with E-state index in [9.17, 15) is 0 Å². The van der Waals surface area contributed by atoms with Crippen LogP contribution in [0.4, 0.5) is 34.1 Å². The molecule has 17 aromatic rings. The molecule has 92 heavy (non-hydrogen) atoms. The normalized spacial score (nSPS) is 13.6. The largest absolute Gasteiger partial charge is 0.456 e. The Morgan fingerprint density at radius 2 is 0.609 bits per heavy atom. The number of furan rings is 2. The van der Waals surface area contributed by atoms with E-state index in [0.29, 0.717) is 0 Å². The average molecular weight is 1180 g/mol. The Balaban J connectivity index is 0.959. The van der Waals surface area contributed by atoms with Gasteiger partial charge in [-0.2, -0.15) is 0 Å². The van der Waals surface area contributed by atoms with Crippen LogP contribution in [-0.4, -0.2) is 0 Å². The summed E-state index contributed by atoms with van der Waals surface area (Å²) >= 11 is 0. The van der Waals surface area contributed by atoms with Crippen LogP contribution in [0.1, 0.15) is 49.9 Å². The summed E-state index contributed by atoms with van der Waals surface area (Å²) in [5, 5.41) is 13.6. The third kappa shape index (κ3) is 7.52. The van der Waals surface area contributed by atoms with E-state index in [1.165, 1.54) is 77.5 Å². The molecule has 15 aromatic carbocycles. The third-order valence-corrected chi connectivity index (χ3v) is 20.6. The van der Waals surface area contributed by atoms with Crippen LogP contribution in [-0.2, 0) is 10.8 Å². The van der Waals surface area contributed by atoms with Crippen molar-refractivity contribution in [3.05, 3.63) is 313 Å². The van der Waals surface area contributed by atoms with Crippen LogP contribution in [0.3, 0.4) is 0 Å². The maximum Gasteiger partial charge on any atom is 0.137 e. The van der Waals surface area contributed by atoms with Crippen molar-refractivity contribution in [1.82, 2.24) is 0 Å². The smallest absolute Gasteiger partial charge is 0.137 e. The van der Waals surface area contributed by atoms with Crippen molar-refractivity contribution in [2.24, 2.45) is 0 Å². The summed E-state index contributed by atoms with van der Waals surface area (Å²) in [7, 11) is 0. The molecule has 2 aromatic heterocycles. The van der Waals surface area contributed by atoms with Crippen LogP contribution < -0.4 is 9.80 Å². The van der Waals surface area contributed by atoms with E-state index in [1.54, 1.807) is 0 Å². The predicted molar refractivity (Wildman–Crippen MR) is 386 cm³/mol. The summed E-state index contributed by atoms with van der Waals surface area (Å²) in [6.07, 6.45) is 0. The molecule has 0 spiro atoms. The van der Waals surface area contributed by atoms with Crippen molar-refractivity contribution in [3.8, 4) is 44.5 Å². The minimum absolute atomic E-state index is 0.241. The first kappa shape index (κ1) is 52.5. The number of hydrogen-bond donors (Lipinski definition) is 0. The highest BCUT2D eigenvalue weighted by Crippen LogP contribution is 2.56. The Labute approximate surface area is 533 Å². The van der Waals surface area contributed by atoms with E-state index in [0.717, 1.165) is 110 Å². The maximum absolute atomic E-state index is 6.71. The van der Waals surface area contributed by atoms with Gasteiger partial charge in [0.05, 0.1) is 33.5 Å². The zero-order chi connectivity index (χ0) is 61.1. The molecule has 4 nitrogen and oxygen atoms in total. The van der Waals surface area contributed by atoms with Gasteiger partial charge in [0.15, 0.2) is 0 Å². The van der Waals surface area contributed by atoms with Gasteiger partial charge < -0.3 is 18.6 Å². The predicted octanol–water partition coefficient (Wildman–Crippen LogP) is 25.0. The first-order chi connectivity index (χ1) is 45.2. The van der Waals surface area contributed by atoms with Crippen molar-refractivity contribution in [2.45, 2.75) is 38.5 Å². The molecule has 2 aliphatic carbocycles. The molecule has 4 heteroatoms. The van der Waals surface area contributed by atoms with Crippen LogP contribution in [0.25, 0.3) is 131 Å². The molecule has 19 rings (SSSR count). The molecule has 0 radical (unpaired) electrons. The van der Waals surface area contributed by atoms with Gasteiger partial charge >= 0.3 is 0 Å². The van der Waals surface area contributed by atoms with E-state index in [4.69, 9.17) is 8.83 Å². The molecule has 0 bridgehead atoms. The number of anilines is 6. The quantitative estimate of drug-likeness (QED) is 0.142. The molecule has 434 valence electrons. The lowest BCUT2D eigenvalue weighted by molar-refractivity contribution is 0.660. The van der Waals surface area contributed by atoms with E-state index >= 15 is 0 Å². The minimum Gasteiger partial charge on any atom is -0.456 e. The zero-order valence-electron chi connectivity index (χ0n) is 51.4. The second-order valence-corrected chi connectivity index (χ2v) is 26.2. The Hall–Kier alpha value is -11.5. The first-order valence-electron chi connectivity index (χ1n) is 32.1. The van der Waals surface area contributed by atoms with Crippen molar-refractivity contribution in [3.63, 3.8) is 0 Å². The van der Waals surface area contributed by atoms with E-state index < -0.39 is 0 Å². The first-order valence-corrected chi connectivity index (χ1v) is 32.1. The van der Waals surface area contributed by atoms with Crippen LogP contribution in [0, 0.1) is 0 Å². The number of para-hydroxylation sites is 2. The molecule has 0 saturated heterocycles. The Kier molecular flexibility index (Phi) is 11.1. The van der Waals surface area contributed by atoms with Crippen molar-refractivity contribution >= 4 is 121 Å². The lowest BCUT2D eigenvalue weighted by atomic mass is 9.79. The van der Waals surface area contributed by atoms with Crippen LogP contribution in [0.5, 0.6) is 0 Å². The molecular weight excluding hydrogens is 1120 g/mol. The molecule has 0 amide bonds. The molecule has 0 fully saturated rings. The lowest BCUT2D eigenvalue weighted by Crippen LogP contribution is -2.15. The summed E-state index contributed by atoms with van der Waals surface area (Å²) in [5.74, 6) is 0. The molecular formula is C88H60N2O2. The number of hydrogen-bond acceptors (Lipinski definition) is 4. The summed E-state index contributed by atoms with van der Waals surface area (Å²) < 4.78 is 13.4. The van der Waals surface area contributed by atoms with E-state index in [1.807, 2.05) is 0 Å². The zero-order valence-corrected chi connectivity index (χ0v) is 51.4. The Morgan fingerprint density at radius 1 is 0.250 bits per heavy atom. The standard InChI is InChI=1S/C88H60N2O2/c1-87(2)71-31-13-9-27-61(71)63-45-41-55(49-73(63)87)83-65-47-43-58(90(76-34-18-24-54-22-6-8-26-60(54)76)78-36-20-40-82-86(78)68-30-12-16-38-80(68)92-82)52-70(65)84(56-42-46-64-62-28-10-14-32-72(62)88(3,4)74(64)50-56)66-48-44-57(51-69(66)83)89(75-33-17-23-53-21-5-7-25-59(53)75)77-35-19-39-81-85(77)67-29-11-15-37-79(67)91-81/h5-52H,1-4H3. The highest BCUT2D eigenvalue weighted by molar-refractivity contribution is 6.24. The second-order valence-electron chi connectivity index (χ2n) is 26.2. The number of benzene rings is 15. The number of fused-ring (bicyclic) bond motifs is 16. The fraction of sp³-hybridized carbons (Fsp3) is 0.0682. The van der Waals surface area contributed by atoms with Gasteiger partial charge in [0.1, 0.15) is 22.3 Å². The Bertz CT molecular complexity index is 5620. The van der Waals surface area contributed by atoms with Gasteiger partial charge in [-0.1, -0.05) is 234 Å². The molecule has 0 aliphatic heterocycles. The highest BCUT2D eigenvalue weighted by Gasteiger charge is 2.38. The summed E-state index contributed by atoms with van der Waals surface area (Å²) in [6.45, 7) is 9.58. The maximum atomic E-state index is 6.71.